The van der Waals surface area contributed by atoms with Crippen molar-refractivity contribution in [2.75, 3.05) is 0 Å². The van der Waals surface area contributed by atoms with Crippen LogP contribution in [0.25, 0.3) is 21.0 Å². The van der Waals surface area contributed by atoms with Crippen LogP contribution in [0.3, 0.4) is 0 Å². The minimum atomic E-state index is -0.112. The van der Waals surface area contributed by atoms with E-state index in [0.717, 1.165) is 26.7 Å². The van der Waals surface area contributed by atoms with Gasteiger partial charge in [0.15, 0.2) is 4.80 Å². The van der Waals surface area contributed by atoms with E-state index in [1.54, 1.807) is 11.3 Å². The quantitative estimate of drug-likeness (QED) is 0.511. The molecule has 3 nitrogen and oxygen atoms in total. The molecule has 0 saturated carbocycles. The molecule has 0 unspecified atom stereocenters. The Hall–Kier alpha value is -2.72. The van der Waals surface area contributed by atoms with Gasteiger partial charge in [-0.05, 0) is 41.3 Å². The number of thiazole rings is 1. The molecule has 0 spiro atoms. The molecule has 4 rings (SSSR count). The van der Waals surface area contributed by atoms with Gasteiger partial charge in [-0.1, -0.05) is 65.9 Å². The van der Waals surface area contributed by atoms with Crippen molar-refractivity contribution in [3.63, 3.8) is 0 Å². The summed E-state index contributed by atoms with van der Waals surface area (Å²) in [6, 6.07) is 18.5. The molecule has 0 saturated heterocycles. The van der Waals surface area contributed by atoms with E-state index in [4.69, 9.17) is 0 Å². The average Bonchev–Trinajstić information content (AvgIpc) is 2.96. The zero-order valence-corrected chi connectivity index (χ0v) is 15.9. The number of fused-ring (bicyclic) bond motifs is 2. The minimum Gasteiger partial charge on any atom is -0.319 e. The van der Waals surface area contributed by atoms with Crippen LogP contribution in [0.15, 0.2) is 59.6 Å². The standard InChI is InChI=1S/C22H20N2OS/c1-14-11-12-15(2)21-20(14)24(3)22(26-21)23-19(25)13-17-9-6-8-16-7-4-5-10-18(16)17/h4-12H,13H2,1-3H3. The second-order valence-electron chi connectivity index (χ2n) is 6.64. The van der Waals surface area contributed by atoms with Gasteiger partial charge in [-0.15, -0.1) is 0 Å². The molecule has 0 N–H and O–H groups in total. The molecule has 1 heterocycles. The van der Waals surface area contributed by atoms with Crippen molar-refractivity contribution < 1.29 is 4.79 Å². The maximum Gasteiger partial charge on any atom is 0.252 e. The summed E-state index contributed by atoms with van der Waals surface area (Å²) in [7, 11) is 1.98. The monoisotopic (exact) mass is 360 g/mol. The number of hydrogen-bond donors (Lipinski definition) is 0. The van der Waals surface area contributed by atoms with E-state index in [1.807, 2.05) is 35.9 Å². The number of carbonyl (C=O) groups excluding carboxylic acids is 1. The Morgan fingerprint density at radius 2 is 1.73 bits per heavy atom. The molecule has 0 aliphatic carbocycles. The number of aromatic nitrogens is 1. The Kier molecular flexibility index (Phi) is 4.21. The summed E-state index contributed by atoms with van der Waals surface area (Å²) in [5.41, 5.74) is 4.60. The number of carbonyl (C=O) groups is 1. The summed E-state index contributed by atoms with van der Waals surface area (Å²) < 4.78 is 3.23. The van der Waals surface area contributed by atoms with Crippen LogP contribution in [0.2, 0.25) is 0 Å². The highest BCUT2D eigenvalue weighted by Gasteiger charge is 2.10. The van der Waals surface area contributed by atoms with Crippen molar-refractivity contribution in [2.24, 2.45) is 12.0 Å². The third kappa shape index (κ3) is 2.86. The van der Waals surface area contributed by atoms with Gasteiger partial charge in [-0.2, -0.15) is 4.99 Å². The molecule has 26 heavy (non-hydrogen) atoms. The van der Waals surface area contributed by atoms with Crippen molar-refractivity contribution in [1.82, 2.24) is 4.57 Å². The van der Waals surface area contributed by atoms with Gasteiger partial charge >= 0.3 is 0 Å². The van der Waals surface area contributed by atoms with Crippen LogP contribution in [-0.2, 0) is 18.3 Å². The van der Waals surface area contributed by atoms with Crippen molar-refractivity contribution in [2.45, 2.75) is 20.3 Å². The van der Waals surface area contributed by atoms with E-state index in [9.17, 15) is 4.79 Å². The van der Waals surface area contributed by atoms with Gasteiger partial charge in [0.25, 0.3) is 5.91 Å². The van der Waals surface area contributed by atoms with Crippen molar-refractivity contribution in [1.29, 1.82) is 0 Å². The number of nitrogens with zero attached hydrogens (tertiary/aromatic N) is 2. The van der Waals surface area contributed by atoms with Crippen LogP contribution in [0.4, 0.5) is 0 Å². The summed E-state index contributed by atoms with van der Waals surface area (Å²) in [6.45, 7) is 4.19. The minimum absolute atomic E-state index is 0.112. The zero-order chi connectivity index (χ0) is 18.3. The van der Waals surface area contributed by atoms with E-state index >= 15 is 0 Å². The summed E-state index contributed by atoms with van der Waals surface area (Å²) >= 11 is 1.58. The average molecular weight is 360 g/mol. The van der Waals surface area contributed by atoms with Crippen LogP contribution in [-0.4, -0.2) is 10.5 Å². The van der Waals surface area contributed by atoms with Crippen LogP contribution >= 0.6 is 11.3 Å². The molecule has 0 fully saturated rings. The van der Waals surface area contributed by atoms with E-state index in [1.165, 1.54) is 15.8 Å². The lowest BCUT2D eigenvalue weighted by atomic mass is 10.0. The fourth-order valence-electron chi connectivity index (χ4n) is 3.43. The number of amides is 1. The number of aryl methyl sites for hydroxylation is 3. The first-order chi connectivity index (χ1) is 12.5. The Morgan fingerprint density at radius 3 is 2.54 bits per heavy atom. The largest absolute Gasteiger partial charge is 0.319 e. The molecule has 4 heteroatoms. The van der Waals surface area contributed by atoms with Gasteiger partial charge < -0.3 is 4.57 Å². The maximum atomic E-state index is 12.7. The fourth-order valence-corrected chi connectivity index (χ4v) is 4.61. The molecular weight excluding hydrogens is 340 g/mol. The SMILES string of the molecule is Cc1ccc(C)c2c1sc(=NC(=O)Cc1cccc3ccccc13)n2C. The molecule has 0 bridgehead atoms. The highest BCUT2D eigenvalue weighted by Crippen LogP contribution is 2.24. The highest BCUT2D eigenvalue weighted by atomic mass is 32.1. The van der Waals surface area contributed by atoms with E-state index in [0.29, 0.717) is 6.42 Å². The lowest BCUT2D eigenvalue weighted by molar-refractivity contribution is -0.117. The van der Waals surface area contributed by atoms with Gasteiger partial charge in [0.2, 0.25) is 0 Å². The molecule has 0 atom stereocenters. The molecule has 3 aromatic carbocycles. The first kappa shape index (κ1) is 16.7. The Balaban J connectivity index is 1.76. The second kappa shape index (κ2) is 6.54. The molecule has 1 aromatic heterocycles. The van der Waals surface area contributed by atoms with Gasteiger partial charge in [0.05, 0.1) is 16.6 Å². The smallest absolute Gasteiger partial charge is 0.252 e. The van der Waals surface area contributed by atoms with E-state index in [2.05, 4.69) is 49.2 Å². The third-order valence-electron chi connectivity index (χ3n) is 4.79. The first-order valence-corrected chi connectivity index (χ1v) is 9.46. The molecule has 1 amide bonds. The Morgan fingerprint density at radius 1 is 1.00 bits per heavy atom. The van der Waals surface area contributed by atoms with Crippen molar-refractivity contribution >= 4 is 38.2 Å². The van der Waals surface area contributed by atoms with E-state index < -0.39 is 0 Å². The lowest BCUT2D eigenvalue weighted by Crippen LogP contribution is -2.14. The molecule has 0 aliphatic rings. The molecular formula is C22H20N2OS. The van der Waals surface area contributed by atoms with Crippen LogP contribution in [0.5, 0.6) is 0 Å². The zero-order valence-electron chi connectivity index (χ0n) is 15.1. The molecule has 130 valence electrons. The fraction of sp³-hybridized carbons (Fsp3) is 0.182. The normalized spacial score (nSPS) is 12.2. The predicted octanol–water partition coefficient (Wildman–Crippen LogP) is 4.68. The topological polar surface area (TPSA) is 34.4 Å². The third-order valence-corrected chi connectivity index (χ3v) is 6.05. The summed E-state index contributed by atoms with van der Waals surface area (Å²) in [6.07, 6.45) is 0.313. The summed E-state index contributed by atoms with van der Waals surface area (Å²) in [5, 5.41) is 2.27. The molecule has 4 aromatic rings. The van der Waals surface area contributed by atoms with Gasteiger partial charge in [-0.25, -0.2) is 0 Å². The summed E-state index contributed by atoms with van der Waals surface area (Å²) in [4.78, 5) is 17.8. The Labute approximate surface area is 156 Å². The predicted molar refractivity (Wildman–Crippen MR) is 108 cm³/mol. The lowest BCUT2D eigenvalue weighted by Gasteiger charge is -2.04. The van der Waals surface area contributed by atoms with Gasteiger partial charge in [-0.3, -0.25) is 4.79 Å². The number of benzene rings is 3. The second-order valence-corrected chi connectivity index (χ2v) is 7.62. The number of hydrogen-bond acceptors (Lipinski definition) is 2. The first-order valence-electron chi connectivity index (χ1n) is 8.64. The van der Waals surface area contributed by atoms with Gasteiger partial charge in [0, 0.05) is 7.05 Å². The van der Waals surface area contributed by atoms with Crippen molar-refractivity contribution in [3.8, 4) is 0 Å². The Bertz CT molecular complexity index is 1210. The summed E-state index contributed by atoms with van der Waals surface area (Å²) in [5.74, 6) is -0.112. The van der Waals surface area contributed by atoms with Crippen LogP contribution < -0.4 is 4.80 Å². The molecule has 0 radical (unpaired) electrons. The van der Waals surface area contributed by atoms with Crippen LogP contribution in [0.1, 0.15) is 16.7 Å². The van der Waals surface area contributed by atoms with Crippen molar-refractivity contribution in [3.05, 3.63) is 76.1 Å². The molecule has 0 aliphatic heterocycles. The number of rotatable bonds is 2. The van der Waals surface area contributed by atoms with Crippen LogP contribution in [0, 0.1) is 13.8 Å². The highest BCUT2D eigenvalue weighted by molar-refractivity contribution is 7.16. The van der Waals surface area contributed by atoms with Gasteiger partial charge in [0.1, 0.15) is 0 Å². The maximum absolute atomic E-state index is 12.7. The van der Waals surface area contributed by atoms with E-state index in [-0.39, 0.29) is 5.91 Å².